The Labute approximate surface area is 82.8 Å². The molecule has 0 aromatic heterocycles. The first kappa shape index (κ1) is 10.6. The van der Waals surface area contributed by atoms with Crippen LogP contribution < -0.4 is 0 Å². The molecule has 1 atom stereocenters. The Hall–Kier alpha value is -0.460. The molecule has 0 saturated carbocycles. The van der Waals surface area contributed by atoms with Gasteiger partial charge in [-0.05, 0) is 19.8 Å². The minimum atomic E-state index is 0.295. The van der Waals surface area contributed by atoms with E-state index in [1.807, 2.05) is 0 Å². The summed E-state index contributed by atoms with van der Waals surface area (Å²) in [4.78, 5) is 2.36. The van der Waals surface area contributed by atoms with Crippen LogP contribution in [0.1, 0.15) is 46.5 Å². The van der Waals surface area contributed by atoms with E-state index in [0.717, 1.165) is 0 Å². The Kier molecular flexibility index (Phi) is 3.05. The highest BCUT2D eigenvalue weighted by Crippen LogP contribution is 2.36. The molecular weight excluding hydrogens is 158 g/mol. The van der Waals surface area contributed by atoms with Gasteiger partial charge in [0.05, 0.1) is 0 Å². The number of likely N-dealkylation sites (tertiary alicyclic amines) is 1. The molecule has 0 spiro atoms. The summed E-state index contributed by atoms with van der Waals surface area (Å²) < 4.78 is 0. The Balaban J connectivity index is 2.77. The topological polar surface area (TPSA) is 3.24 Å². The number of rotatable bonds is 0. The standard InChI is InChI=1S/C12H23N/c1-10-8-6-7-9-12(3,4)11(2)13(10)5/h10H,2,6-9H2,1,3-5H3. The Morgan fingerprint density at radius 1 is 1.38 bits per heavy atom. The van der Waals surface area contributed by atoms with Gasteiger partial charge in [-0.15, -0.1) is 0 Å². The molecule has 1 saturated heterocycles. The first-order valence-corrected chi connectivity index (χ1v) is 5.37. The number of hydrogen-bond acceptors (Lipinski definition) is 1. The van der Waals surface area contributed by atoms with Crippen molar-refractivity contribution >= 4 is 0 Å². The number of allylic oxidation sites excluding steroid dienone is 1. The Morgan fingerprint density at radius 3 is 2.62 bits per heavy atom. The molecule has 1 heteroatoms. The molecule has 1 aliphatic heterocycles. The molecule has 1 aliphatic rings. The summed E-state index contributed by atoms with van der Waals surface area (Å²) in [7, 11) is 2.18. The molecule has 1 unspecified atom stereocenters. The Bertz CT molecular complexity index is 193. The predicted molar refractivity (Wildman–Crippen MR) is 58.6 cm³/mol. The minimum absolute atomic E-state index is 0.295. The van der Waals surface area contributed by atoms with Crippen LogP contribution in [-0.4, -0.2) is 18.0 Å². The molecule has 0 radical (unpaired) electrons. The summed E-state index contributed by atoms with van der Waals surface area (Å²) in [6, 6.07) is 0.659. The van der Waals surface area contributed by atoms with Crippen LogP contribution in [0.5, 0.6) is 0 Å². The van der Waals surface area contributed by atoms with Crippen molar-refractivity contribution in [3.05, 3.63) is 12.3 Å². The summed E-state index contributed by atoms with van der Waals surface area (Å²) in [5.41, 5.74) is 1.60. The molecule has 0 bridgehead atoms. The van der Waals surface area contributed by atoms with E-state index in [1.54, 1.807) is 0 Å². The highest BCUT2D eigenvalue weighted by molar-refractivity contribution is 5.07. The second-order valence-corrected chi connectivity index (χ2v) is 5.04. The first-order chi connectivity index (χ1) is 5.95. The largest absolute Gasteiger partial charge is 0.375 e. The van der Waals surface area contributed by atoms with Gasteiger partial charge in [-0.2, -0.15) is 0 Å². The lowest BCUT2D eigenvalue weighted by Gasteiger charge is -2.40. The molecule has 13 heavy (non-hydrogen) atoms. The second-order valence-electron chi connectivity index (χ2n) is 5.04. The van der Waals surface area contributed by atoms with E-state index < -0.39 is 0 Å². The van der Waals surface area contributed by atoms with Crippen LogP contribution >= 0.6 is 0 Å². The summed E-state index contributed by atoms with van der Waals surface area (Å²) >= 11 is 0. The summed E-state index contributed by atoms with van der Waals surface area (Å²) in [5.74, 6) is 0. The van der Waals surface area contributed by atoms with E-state index in [1.165, 1.54) is 31.4 Å². The zero-order valence-corrected chi connectivity index (χ0v) is 9.56. The first-order valence-electron chi connectivity index (χ1n) is 5.37. The van der Waals surface area contributed by atoms with Crippen molar-refractivity contribution < 1.29 is 0 Å². The van der Waals surface area contributed by atoms with E-state index in [-0.39, 0.29) is 0 Å². The molecule has 0 aliphatic carbocycles. The van der Waals surface area contributed by atoms with Gasteiger partial charge in [0.1, 0.15) is 0 Å². The van der Waals surface area contributed by atoms with Crippen molar-refractivity contribution in [2.45, 2.75) is 52.5 Å². The van der Waals surface area contributed by atoms with Gasteiger partial charge in [-0.1, -0.05) is 33.3 Å². The van der Waals surface area contributed by atoms with Crippen molar-refractivity contribution in [2.24, 2.45) is 5.41 Å². The third kappa shape index (κ3) is 2.26. The SMILES string of the molecule is C=C1N(C)C(C)CCCCC1(C)C. The summed E-state index contributed by atoms with van der Waals surface area (Å²) in [6.45, 7) is 11.1. The molecule has 76 valence electrons. The molecule has 1 rings (SSSR count). The fourth-order valence-electron chi connectivity index (χ4n) is 2.09. The van der Waals surface area contributed by atoms with E-state index in [0.29, 0.717) is 11.5 Å². The lowest BCUT2D eigenvalue weighted by Crippen LogP contribution is -2.36. The lowest BCUT2D eigenvalue weighted by molar-refractivity contribution is 0.198. The smallest absolute Gasteiger partial charge is 0.0255 e. The van der Waals surface area contributed by atoms with Crippen molar-refractivity contribution in [1.82, 2.24) is 4.90 Å². The van der Waals surface area contributed by atoms with E-state index in [2.05, 4.69) is 39.3 Å². The molecular formula is C12H23N. The average molecular weight is 181 g/mol. The highest BCUT2D eigenvalue weighted by Gasteiger charge is 2.27. The van der Waals surface area contributed by atoms with Gasteiger partial charge in [-0.25, -0.2) is 0 Å². The molecule has 0 aromatic rings. The quantitative estimate of drug-likeness (QED) is 0.553. The molecule has 1 heterocycles. The maximum Gasteiger partial charge on any atom is 0.0255 e. The molecule has 0 aromatic carbocycles. The monoisotopic (exact) mass is 181 g/mol. The maximum atomic E-state index is 4.23. The molecule has 0 amide bonds. The van der Waals surface area contributed by atoms with Gasteiger partial charge in [0.25, 0.3) is 0 Å². The summed E-state index contributed by atoms with van der Waals surface area (Å²) in [6.07, 6.45) is 5.31. The molecule has 1 fully saturated rings. The minimum Gasteiger partial charge on any atom is -0.375 e. The normalized spacial score (nSPS) is 29.7. The van der Waals surface area contributed by atoms with Crippen LogP contribution in [0.2, 0.25) is 0 Å². The fraction of sp³-hybridized carbons (Fsp3) is 0.833. The highest BCUT2D eigenvalue weighted by atomic mass is 15.1. The van der Waals surface area contributed by atoms with Gasteiger partial charge in [0, 0.05) is 24.2 Å². The second kappa shape index (κ2) is 3.73. The summed E-state index contributed by atoms with van der Waals surface area (Å²) in [5, 5.41) is 0. The van der Waals surface area contributed by atoms with Crippen molar-refractivity contribution in [2.75, 3.05) is 7.05 Å². The average Bonchev–Trinajstić information content (AvgIpc) is 2.08. The fourth-order valence-corrected chi connectivity index (χ4v) is 2.09. The number of hydrogen-bond donors (Lipinski definition) is 0. The van der Waals surface area contributed by atoms with Crippen LogP contribution in [0.4, 0.5) is 0 Å². The maximum absolute atomic E-state index is 4.23. The molecule has 1 nitrogen and oxygen atoms in total. The van der Waals surface area contributed by atoms with E-state index in [4.69, 9.17) is 0 Å². The van der Waals surface area contributed by atoms with Crippen LogP contribution in [0.25, 0.3) is 0 Å². The molecule has 0 N–H and O–H groups in total. The third-order valence-corrected chi connectivity index (χ3v) is 3.54. The third-order valence-electron chi connectivity index (χ3n) is 3.54. The van der Waals surface area contributed by atoms with Gasteiger partial charge < -0.3 is 4.90 Å². The van der Waals surface area contributed by atoms with Crippen LogP contribution in [-0.2, 0) is 0 Å². The van der Waals surface area contributed by atoms with Gasteiger partial charge >= 0.3 is 0 Å². The van der Waals surface area contributed by atoms with Crippen LogP contribution in [0, 0.1) is 5.41 Å². The van der Waals surface area contributed by atoms with Crippen LogP contribution in [0.15, 0.2) is 12.3 Å². The predicted octanol–water partition coefficient (Wildman–Crippen LogP) is 3.42. The van der Waals surface area contributed by atoms with Crippen molar-refractivity contribution in [3.63, 3.8) is 0 Å². The van der Waals surface area contributed by atoms with Gasteiger partial charge in [0.15, 0.2) is 0 Å². The van der Waals surface area contributed by atoms with Crippen molar-refractivity contribution in [1.29, 1.82) is 0 Å². The number of nitrogens with zero attached hydrogens (tertiary/aromatic N) is 1. The van der Waals surface area contributed by atoms with Crippen LogP contribution in [0.3, 0.4) is 0 Å². The Morgan fingerprint density at radius 2 is 2.00 bits per heavy atom. The zero-order valence-electron chi connectivity index (χ0n) is 9.56. The van der Waals surface area contributed by atoms with Gasteiger partial charge in [0.2, 0.25) is 0 Å². The van der Waals surface area contributed by atoms with Crippen molar-refractivity contribution in [3.8, 4) is 0 Å². The van der Waals surface area contributed by atoms with E-state index in [9.17, 15) is 0 Å². The zero-order chi connectivity index (χ0) is 10.1. The van der Waals surface area contributed by atoms with E-state index >= 15 is 0 Å². The lowest BCUT2D eigenvalue weighted by atomic mass is 9.81. The van der Waals surface area contributed by atoms with Gasteiger partial charge in [-0.3, -0.25) is 0 Å².